The van der Waals surface area contributed by atoms with Crippen LogP contribution >= 0.6 is 0 Å². The number of nitrogens with one attached hydrogen (secondary N) is 1. The van der Waals surface area contributed by atoms with Crippen molar-refractivity contribution in [1.29, 1.82) is 0 Å². The molecule has 1 aliphatic rings. The topological polar surface area (TPSA) is 58.6 Å². The Balaban J connectivity index is 1.91. The monoisotopic (exact) mass is 310 g/mol. The number of fused-ring (bicyclic) bond motifs is 1. The SMILES string of the molecule is COC(=O)c1cccc(CN2C(=O)CNc3cc(C)ccc32)c1. The van der Waals surface area contributed by atoms with Gasteiger partial charge in [0, 0.05) is 0 Å². The average molecular weight is 310 g/mol. The first-order valence-electron chi connectivity index (χ1n) is 7.40. The number of esters is 1. The molecule has 2 aromatic rings. The van der Waals surface area contributed by atoms with Gasteiger partial charge in [0.2, 0.25) is 5.91 Å². The highest BCUT2D eigenvalue weighted by atomic mass is 16.5. The van der Waals surface area contributed by atoms with Crippen molar-refractivity contribution < 1.29 is 14.3 Å². The van der Waals surface area contributed by atoms with Crippen LogP contribution in [0.2, 0.25) is 0 Å². The quantitative estimate of drug-likeness (QED) is 0.886. The molecule has 1 aliphatic heterocycles. The van der Waals surface area contributed by atoms with Gasteiger partial charge in [-0.15, -0.1) is 0 Å². The van der Waals surface area contributed by atoms with Gasteiger partial charge in [-0.25, -0.2) is 4.79 Å². The fourth-order valence-corrected chi connectivity index (χ4v) is 2.70. The number of anilines is 2. The second-order valence-corrected chi connectivity index (χ2v) is 5.55. The van der Waals surface area contributed by atoms with Crippen molar-refractivity contribution in [3.05, 3.63) is 59.2 Å². The molecule has 3 rings (SSSR count). The van der Waals surface area contributed by atoms with Gasteiger partial charge in [-0.1, -0.05) is 18.2 Å². The lowest BCUT2D eigenvalue weighted by Gasteiger charge is -2.30. The predicted octanol–water partition coefficient (Wildman–Crippen LogP) is 2.74. The van der Waals surface area contributed by atoms with Crippen LogP contribution in [0.4, 0.5) is 11.4 Å². The van der Waals surface area contributed by atoms with E-state index >= 15 is 0 Å². The smallest absolute Gasteiger partial charge is 0.337 e. The zero-order valence-electron chi connectivity index (χ0n) is 13.1. The van der Waals surface area contributed by atoms with Crippen LogP contribution < -0.4 is 10.2 Å². The number of carbonyl (C=O) groups is 2. The second-order valence-electron chi connectivity index (χ2n) is 5.55. The Hall–Kier alpha value is -2.82. The van der Waals surface area contributed by atoms with Crippen LogP contribution in [0.1, 0.15) is 21.5 Å². The number of amides is 1. The normalized spacial score (nSPS) is 13.3. The molecule has 1 N–H and O–H groups in total. The van der Waals surface area contributed by atoms with E-state index in [9.17, 15) is 9.59 Å². The van der Waals surface area contributed by atoms with Crippen molar-refractivity contribution in [1.82, 2.24) is 0 Å². The van der Waals surface area contributed by atoms with E-state index in [1.807, 2.05) is 31.2 Å². The predicted molar refractivity (Wildman–Crippen MR) is 88.6 cm³/mol. The summed E-state index contributed by atoms with van der Waals surface area (Å²) in [6.45, 7) is 2.71. The van der Waals surface area contributed by atoms with Crippen molar-refractivity contribution in [2.75, 3.05) is 23.9 Å². The number of aryl methyl sites for hydroxylation is 1. The van der Waals surface area contributed by atoms with Crippen LogP contribution in [0, 0.1) is 6.92 Å². The van der Waals surface area contributed by atoms with Gasteiger partial charge in [0.05, 0.1) is 37.1 Å². The van der Waals surface area contributed by atoms with E-state index < -0.39 is 0 Å². The minimum Gasteiger partial charge on any atom is -0.465 e. The summed E-state index contributed by atoms with van der Waals surface area (Å²) in [5.41, 5.74) is 4.31. The molecule has 0 radical (unpaired) electrons. The van der Waals surface area contributed by atoms with Gasteiger partial charge in [0.25, 0.3) is 0 Å². The number of methoxy groups -OCH3 is 1. The summed E-state index contributed by atoms with van der Waals surface area (Å²) >= 11 is 0. The first-order valence-corrected chi connectivity index (χ1v) is 7.40. The standard InChI is InChI=1S/C18H18N2O3/c1-12-6-7-16-15(8-12)19-10-17(21)20(16)11-13-4-3-5-14(9-13)18(22)23-2/h3-9,19H,10-11H2,1-2H3. The molecule has 0 fully saturated rings. The van der Waals surface area contributed by atoms with Crippen molar-refractivity contribution >= 4 is 23.3 Å². The minimum absolute atomic E-state index is 0.00447. The first-order chi connectivity index (χ1) is 11.1. The number of benzene rings is 2. The van der Waals surface area contributed by atoms with Crippen molar-refractivity contribution in [3.8, 4) is 0 Å². The maximum absolute atomic E-state index is 12.3. The number of nitrogens with zero attached hydrogens (tertiary/aromatic N) is 1. The zero-order chi connectivity index (χ0) is 16.4. The van der Waals surface area contributed by atoms with Crippen LogP contribution in [-0.4, -0.2) is 25.5 Å². The molecule has 0 unspecified atom stereocenters. The third-order valence-electron chi connectivity index (χ3n) is 3.86. The average Bonchev–Trinajstić information content (AvgIpc) is 2.57. The largest absolute Gasteiger partial charge is 0.465 e. The van der Waals surface area contributed by atoms with E-state index in [2.05, 4.69) is 5.32 Å². The number of hydrogen-bond donors (Lipinski definition) is 1. The van der Waals surface area contributed by atoms with E-state index in [4.69, 9.17) is 4.74 Å². The Kier molecular flexibility index (Phi) is 4.02. The summed E-state index contributed by atoms with van der Waals surface area (Å²) in [6.07, 6.45) is 0. The van der Waals surface area contributed by atoms with E-state index in [1.54, 1.807) is 23.1 Å². The fraction of sp³-hybridized carbons (Fsp3) is 0.222. The second kappa shape index (κ2) is 6.12. The molecule has 0 saturated carbocycles. The molecule has 5 heteroatoms. The van der Waals surface area contributed by atoms with E-state index in [-0.39, 0.29) is 18.4 Å². The molecule has 0 spiro atoms. The Bertz CT molecular complexity index is 771. The molecule has 0 atom stereocenters. The highest BCUT2D eigenvalue weighted by Crippen LogP contribution is 2.31. The van der Waals surface area contributed by atoms with Crippen LogP contribution in [-0.2, 0) is 16.1 Å². The maximum Gasteiger partial charge on any atom is 0.337 e. The van der Waals surface area contributed by atoms with Gasteiger partial charge >= 0.3 is 5.97 Å². The molecule has 1 amide bonds. The van der Waals surface area contributed by atoms with Crippen molar-refractivity contribution in [2.24, 2.45) is 0 Å². The summed E-state index contributed by atoms with van der Waals surface area (Å²) in [4.78, 5) is 25.7. The number of hydrogen-bond acceptors (Lipinski definition) is 4. The Morgan fingerprint density at radius 3 is 2.87 bits per heavy atom. The summed E-state index contributed by atoms with van der Waals surface area (Å²) in [7, 11) is 1.35. The Morgan fingerprint density at radius 2 is 2.09 bits per heavy atom. The molecule has 118 valence electrons. The zero-order valence-corrected chi connectivity index (χ0v) is 13.1. The number of ether oxygens (including phenoxy) is 1. The lowest BCUT2D eigenvalue weighted by Crippen LogP contribution is -2.39. The van der Waals surface area contributed by atoms with Crippen molar-refractivity contribution in [3.63, 3.8) is 0 Å². The molecule has 0 saturated heterocycles. The van der Waals surface area contributed by atoms with Crippen LogP contribution in [0.5, 0.6) is 0 Å². The van der Waals surface area contributed by atoms with E-state index in [0.717, 1.165) is 22.5 Å². The molecule has 1 heterocycles. The highest BCUT2D eigenvalue weighted by molar-refractivity contribution is 6.02. The summed E-state index contributed by atoms with van der Waals surface area (Å²) in [6, 6.07) is 13.1. The van der Waals surface area contributed by atoms with Gasteiger partial charge in [0.15, 0.2) is 0 Å². The maximum atomic E-state index is 12.3. The Labute approximate surface area is 134 Å². The number of rotatable bonds is 3. The molecular weight excluding hydrogens is 292 g/mol. The molecule has 0 bridgehead atoms. The molecule has 2 aromatic carbocycles. The molecule has 0 aromatic heterocycles. The van der Waals surface area contributed by atoms with Gasteiger partial charge in [0.1, 0.15) is 0 Å². The van der Waals surface area contributed by atoms with Gasteiger partial charge in [-0.2, -0.15) is 0 Å². The minimum atomic E-state index is -0.380. The third-order valence-corrected chi connectivity index (χ3v) is 3.86. The van der Waals surface area contributed by atoms with Crippen molar-refractivity contribution in [2.45, 2.75) is 13.5 Å². The lowest BCUT2D eigenvalue weighted by atomic mass is 10.1. The fourth-order valence-electron chi connectivity index (χ4n) is 2.70. The highest BCUT2D eigenvalue weighted by Gasteiger charge is 2.24. The van der Waals surface area contributed by atoms with E-state index in [1.165, 1.54) is 7.11 Å². The van der Waals surface area contributed by atoms with Crippen LogP contribution in [0.3, 0.4) is 0 Å². The van der Waals surface area contributed by atoms with Gasteiger partial charge in [-0.3, -0.25) is 4.79 Å². The molecule has 0 aliphatic carbocycles. The Morgan fingerprint density at radius 1 is 1.26 bits per heavy atom. The number of carbonyl (C=O) groups excluding carboxylic acids is 2. The lowest BCUT2D eigenvalue weighted by molar-refractivity contribution is -0.117. The van der Waals surface area contributed by atoms with Crippen LogP contribution in [0.15, 0.2) is 42.5 Å². The molecule has 23 heavy (non-hydrogen) atoms. The van der Waals surface area contributed by atoms with Gasteiger partial charge in [-0.05, 0) is 42.3 Å². The third kappa shape index (κ3) is 3.04. The molecular formula is C18H18N2O3. The van der Waals surface area contributed by atoms with Gasteiger partial charge < -0.3 is 15.0 Å². The van der Waals surface area contributed by atoms with Crippen LogP contribution in [0.25, 0.3) is 0 Å². The first kappa shape index (κ1) is 15.1. The van der Waals surface area contributed by atoms with E-state index in [0.29, 0.717) is 12.1 Å². The summed E-state index contributed by atoms with van der Waals surface area (Å²) in [5.74, 6) is -0.376. The molecule has 5 nitrogen and oxygen atoms in total. The summed E-state index contributed by atoms with van der Waals surface area (Å²) in [5, 5.41) is 3.14. The summed E-state index contributed by atoms with van der Waals surface area (Å²) < 4.78 is 4.74.